The Bertz CT molecular complexity index is 310. The van der Waals surface area contributed by atoms with Crippen molar-refractivity contribution in [3.05, 3.63) is 24.2 Å². The van der Waals surface area contributed by atoms with Gasteiger partial charge < -0.3 is 9.73 Å². The van der Waals surface area contributed by atoms with Crippen LogP contribution in [0.1, 0.15) is 25.8 Å². The van der Waals surface area contributed by atoms with Crippen molar-refractivity contribution in [1.29, 1.82) is 0 Å². The molecule has 0 saturated carbocycles. The minimum absolute atomic E-state index is 0.626. The van der Waals surface area contributed by atoms with Crippen LogP contribution in [-0.4, -0.2) is 30.6 Å². The van der Waals surface area contributed by atoms with Gasteiger partial charge in [-0.25, -0.2) is 0 Å². The third-order valence-corrected chi connectivity index (χ3v) is 4.04. The molecule has 90 valence electrons. The summed E-state index contributed by atoms with van der Waals surface area (Å²) in [5, 5.41) is 3.42. The van der Waals surface area contributed by atoms with E-state index in [1.165, 1.54) is 18.5 Å². The van der Waals surface area contributed by atoms with Crippen LogP contribution in [0.15, 0.2) is 23.0 Å². The molecule has 3 nitrogen and oxygen atoms in total. The predicted molar refractivity (Wildman–Crippen MR) is 65.2 cm³/mol. The summed E-state index contributed by atoms with van der Waals surface area (Å²) in [6, 6.07) is 3.35. The molecule has 3 atom stereocenters. The minimum atomic E-state index is 0.626. The first kappa shape index (κ1) is 11.7. The monoisotopic (exact) mass is 222 g/mol. The van der Waals surface area contributed by atoms with Crippen molar-refractivity contribution < 1.29 is 4.42 Å². The second kappa shape index (κ2) is 5.02. The zero-order valence-corrected chi connectivity index (χ0v) is 10.4. The van der Waals surface area contributed by atoms with Gasteiger partial charge in [-0.2, -0.15) is 0 Å². The quantitative estimate of drug-likeness (QED) is 0.849. The molecule has 2 rings (SSSR count). The lowest BCUT2D eigenvalue weighted by atomic mass is 9.87. The molecule has 1 N–H and O–H groups in total. The third kappa shape index (κ3) is 2.30. The summed E-state index contributed by atoms with van der Waals surface area (Å²) in [6.07, 6.45) is 4.84. The maximum atomic E-state index is 5.12. The number of nitrogens with one attached hydrogen (secondary N) is 1. The van der Waals surface area contributed by atoms with E-state index in [1.54, 1.807) is 6.26 Å². The van der Waals surface area contributed by atoms with Crippen molar-refractivity contribution in [2.75, 3.05) is 13.6 Å². The van der Waals surface area contributed by atoms with E-state index in [4.69, 9.17) is 4.42 Å². The summed E-state index contributed by atoms with van der Waals surface area (Å²) >= 11 is 0. The molecule has 0 spiro atoms. The molecular weight excluding hydrogens is 200 g/mol. The molecule has 3 heteroatoms. The van der Waals surface area contributed by atoms with Gasteiger partial charge in [-0.3, -0.25) is 4.90 Å². The fourth-order valence-electron chi connectivity index (χ4n) is 2.69. The zero-order valence-electron chi connectivity index (χ0n) is 10.4. The van der Waals surface area contributed by atoms with E-state index in [1.807, 2.05) is 6.26 Å². The summed E-state index contributed by atoms with van der Waals surface area (Å²) in [5.74, 6) is 0.700. The fraction of sp³-hybridized carbons (Fsp3) is 0.692. The number of furan rings is 1. The smallest absolute Gasteiger partial charge is 0.0947 e. The Morgan fingerprint density at radius 1 is 1.50 bits per heavy atom. The van der Waals surface area contributed by atoms with Crippen molar-refractivity contribution in [3.8, 4) is 0 Å². The highest BCUT2D eigenvalue weighted by Crippen LogP contribution is 2.24. The van der Waals surface area contributed by atoms with Crippen LogP contribution in [0.2, 0.25) is 0 Å². The molecule has 3 unspecified atom stereocenters. The Balaban J connectivity index is 1.97. The van der Waals surface area contributed by atoms with E-state index in [0.29, 0.717) is 18.0 Å². The first-order chi connectivity index (χ1) is 7.72. The number of nitrogens with zero attached hydrogens (tertiary/aromatic N) is 1. The topological polar surface area (TPSA) is 28.4 Å². The van der Waals surface area contributed by atoms with Gasteiger partial charge in [0, 0.05) is 30.7 Å². The third-order valence-electron chi connectivity index (χ3n) is 4.04. The predicted octanol–water partition coefficient (Wildman–Crippen LogP) is 2.10. The van der Waals surface area contributed by atoms with Gasteiger partial charge in [0.2, 0.25) is 0 Å². The van der Waals surface area contributed by atoms with Gasteiger partial charge in [0.25, 0.3) is 0 Å². The SMILES string of the molecule is CNC1CCN(Cc2ccoc2)C(C)C1C. The van der Waals surface area contributed by atoms with Gasteiger partial charge in [0.1, 0.15) is 0 Å². The number of likely N-dealkylation sites (tertiary alicyclic amines) is 1. The molecule has 0 amide bonds. The van der Waals surface area contributed by atoms with Crippen LogP contribution in [0.5, 0.6) is 0 Å². The highest BCUT2D eigenvalue weighted by Gasteiger charge is 2.31. The first-order valence-electron chi connectivity index (χ1n) is 6.14. The Kier molecular flexibility index (Phi) is 3.66. The van der Waals surface area contributed by atoms with E-state index in [2.05, 4.69) is 37.2 Å². The van der Waals surface area contributed by atoms with Gasteiger partial charge in [-0.1, -0.05) is 6.92 Å². The first-order valence-corrected chi connectivity index (χ1v) is 6.14. The van der Waals surface area contributed by atoms with Crippen LogP contribution in [0.25, 0.3) is 0 Å². The van der Waals surface area contributed by atoms with Crippen LogP contribution < -0.4 is 5.32 Å². The molecule has 1 fully saturated rings. The summed E-state index contributed by atoms with van der Waals surface area (Å²) in [4.78, 5) is 2.54. The highest BCUT2D eigenvalue weighted by atomic mass is 16.3. The fourth-order valence-corrected chi connectivity index (χ4v) is 2.69. The lowest BCUT2D eigenvalue weighted by Crippen LogP contribution is -2.52. The molecular formula is C13H22N2O. The van der Waals surface area contributed by atoms with Crippen LogP contribution >= 0.6 is 0 Å². The maximum absolute atomic E-state index is 5.12. The Morgan fingerprint density at radius 2 is 2.31 bits per heavy atom. The second-order valence-electron chi connectivity index (χ2n) is 4.89. The molecule has 1 aliphatic heterocycles. The van der Waals surface area contributed by atoms with Gasteiger partial charge in [0.15, 0.2) is 0 Å². The van der Waals surface area contributed by atoms with Crippen LogP contribution in [-0.2, 0) is 6.54 Å². The van der Waals surface area contributed by atoms with E-state index < -0.39 is 0 Å². The standard InChI is InChI=1S/C13H22N2O/c1-10-11(2)15(6-4-13(10)14-3)8-12-5-7-16-9-12/h5,7,9-11,13-14H,4,6,8H2,1-3H3. The molecule has 1 saturated heterocycles. The summed E-state index contributed by atoms with van der Waals surface area (Å²) in [7, 11) is 2.07. The summed E-state index contributed by atoms with van der Waals surface area (Å²) in [5.41, 5.74) is 1.28. The van der Waals surface area contributed by atoms with Crippen LogP contribution in [0, 0.1) is 5.92 Å². The van der Waals surface area contributed by atoms with Crippen molar-refractivity contribution in [2.24, 2.45) is 5.92 Å². The largest absolute Gasteiger partial charge is 0.472 e. The van der Waals surface area contributed by atoms with Crippen molar-refractivity contribution >= 4 is 0 Å². The van der Waals surface area contributed by atoms with Crippen LogP contribution in [0.4, 0.5) is 0 Å². The number of rotatable bonds is 3. The summed E-state index contributed by atoms with van der Waals surface area (Å²) in [6.45, 7) is 6.85. The average Bonchev–Trinajstić information content (AvgIpc) is 2.78. The van der Waals surface area contributed by atoms with E-state index >= 15 is 0 Å². The lowest BCUT2D eigenvalue weighted by molar-refractivity contribution is 0.0809. The Morgan fingerprint density at radius 3 is 2.94 bits per heavy atom. The zero-order chi connectivity index (χ0) is 11.5. The van der Waals surface area contributed by atoms with Crippen molar-refractivity contribution in [1.82, 2.24) is 10.2 Å². The molecule has 0 aliphatic carbocycles. The highest BCUT2D eigenvalue weighted by molar-refractivity contribution is 5.06. The van der Waals surface area contributed by atoms with E-state index in [0.717, 1.165) is 6.54 Å². The van der Waals surface area contributed by atoms with Gasteiger partial charge in [-0.15, -0.1) is 0 Å². The molecule has 0 aromatic carbocycles. The molecule has 0 bridgehead atoms. The van der Waals surface area contributed by atoms with E-state index in [9.17, 15) is 0 Å². The number of hydrogen-bond acceptors (Lipinski definition) is 3. The van der Waals surface area contributed by atoms with Gasteiger partial charge >= 0.3 is 0 Å². The summed E-state index contributed by atoms with van der Waals surface area (Å²) < 4.78 is 5.12. The molecule has 1 aromatic heterocycles. The molecule has 1 aliphatic rings. The van der Waals surface area contributed by atoms with Crippen LogP contribution in [0.3, 0.4) is 0 Å². The lowest BCUT2D eigenvalue weighted by Gasteiger charge is -2.42. The molecule has 16 heavy (non-hydrogen) atoms. The molecule has 1 aromatic rings. The average molecular weight is 222 g/mol. The number of hydrogen-bond donors (Lipinski definition) is 1. The molecule has 0 radical (unpaired) electrons. The minimum Gasteiger partial charge on any atom is -0.472 e. The maximum Gasteiger partial charge on any atom is 0.0947 e. The van der Waals surface area contributed by atoms with Crippen molar-refractivity contribution in [2.45, 2.75) is 38.9 Å². The van der Waals surface area contributed by atoms with E-state index in [-0.39, 0.29) is 0 Å². The molecule has 2 heterocycles. The normalized spacial score (nSPS) is 31.8. The Hall–Kier alpha value is -0.800. The van der Waals surface area contributed by atoms with Crippen molar-refractivity contribution in [3.63, 3.8) is 0 Å². The van der Waals surface area contributed by atoms with Gasteiger partial charge in [-0.05, 0) is 32.4 Å². The van der Waals surface area contributed by atoms with Gasteiger partial charge in [0.05, 0.1) is 12.5 Å². The number of piperidine rings is 1. The second-order valence-corrected chi connectivity index (χ2v) is 4.89. The Labute approximate surface area is 97.8 Å².